The third-order valence-corrected chi connectivity index (χ3v) is 3.11. The molecule has 1 aromatic heterocycles. The Balaban J connectivity index is 2.70. The second kappa shape index (κ2) is 5.49. The van der Waals surface area contributed by atoms with E-state index in [1.165, 1.54) is 20.3 Å². The highest BCUT2D eigenvalue weighted by Crippen LogP contribution is 2.43. The molecular formula is C12H9BrFNO5. The predicted octanol–water partition coefficient (Wildman–Crippen LogP) is 2.96. The van der Waals surface area contributed by atoms with Crippen LogP contribution in [0.3, 0.4) is 0 Å². The molecule has 1 heterocycles. The molecule has 0 radical (unpaired) electrons. The van der Waals surface area contributed by atoms with Gasteiger partial charge in [-0.15, -0.1) is 0 Å². The summed E-state index contributed by atoms with van der Waals surface area (Å²) in [6.07, 6.45) is 0. The number of aromatic carboxylic acids is 1. The summed E-state index contributed by atoms with van der Waals surface area (Å²) in [7, 11) is 2.73. The average Bonchev–Trinajstić information content (AvgIpc) is 2.90. The molecule has 0 bridgehead atoms. The van der Waals surface area contributed by atoms with Gasteiger partial charge in [-0.25, -0.2) is 9.18 Å². The minimum absolute atomic E-state index is 0.0706. The molecule has 0 saturated heterocycles. The van der Waals surface area contributed by atoms with E-state index in [9.17, 15) is 9.18 Å². The van der Waals surface area contributed by atoms with Gasteiger partial charge in [0.1, 0.15) is 5.56 Å². The van der Waals surface area contributed by atoms with Crippen LogP contribution in [0, 0.1) is 5.82 Å². The summed E-state index contributed by atoms with van der Waals surface area (Å²) in [6, 6.07) is 2.50. The van der Waals surface area contributed by atoms with E-state index in [1.807, 2.05) is 0 Å². The number of benzene rings is 1. The van der Waals surface area contributed by atoms with Gasteiger partial charge in [-0.05, 0) is 15.9 Å². The first kappa shape index (κ1) is 14.3. The van der Waals surface area contributed by atoms with Crippen LogP contribution in [-0.4, -0.2) is 30.5 Å². The standard InChI is InChI=1S/C12H9BrFNO5/c1-18-8-3-5(13)10(14)9(11(8)19-2)7-4-6(12(16)17)15-20-7/h3-4H,1-2H3,(H,16,17). The Labute approximate surface area is 121 Å². The number of aromatic nitrogens is 1. The summed E-state index contributed by atoms with van der Waals surface area (Å²) in [6.45, 7) is 0. The van der Waals surface area contributed by atoms with Gasteiger partial charge in [0.15, 0.2) is 28.8 Å². The maximum Gasteiger partial charge on any atom is 0.358 e. The molecule has 20 heavy (non-hydrogen) atoms. The fourth-order valence-electron chi connectivity index (χ4n) is 1.65. The molecule has 1 N–H and O–H groups in total. The highest BCUT2D eigenvalue weighted by molar-refractivity contribution is 9.10. The van der Waals surface area contributed by atoms with Crippen molar-refractivity contribution in [2.75, 3.05) is 14.2 Å². The van der Waals surface area contributed by atoms with Crippen molar-refractivity contribution < 1.29 is 28.3 Å². The number of halogens is 2. The highest BCUT2D eigenvalue weighted by atomic mass is 79.9. The lowest BCUT2D eigenvalue weighted by atomic mass is 10.1. The monoisotopic (exact) mass is 345 g/mol. The quantitative estimate of drug-likeness (QED) is 0.917. The fraction of sp³-hybridized carbons (Fsp3) is 0.167. The van der Waals surface area contributed by atoms with Crippen molar-refractivity contribution >= 4 is 21.9 Å². The average molecular weight is 346 g/mol. The lowest BCUT2D eigenvalue weighted by molar-refractivity contribution is 0.0686. The number of hydrogen-bond donors (Lipinski definition) is 1. The Bertz CT molecular complexity index is 670. The summed E-state index contributed by atoms with van der Waals surface area (Å²) < 4.78 is 29.4. The van der Waals surface area contributed by atoms with Gasteiger partial charge >= 0.3 is 5.97 Å². The number of rotatable bonds is 4. The number of nitrogens with zero attached hydrogens (tertiary/aromatic N) is 1. The number of carbonyl (C=O) groups is 1. The summed E-state index contributed by atoms with van der Waals surface area (Å²) in [5, 5.41) is 12.2. The van der Waals surface area contributed by atoms with Crippen LogP contribution in [0.15, 0.2) is 21.1 Å². The topological polar surface area (TPSA) is 81.8 Å². The Kier molecular flexibility index (Phi) is 3.93. The molecule has 0 spiro atoms. The van der Waals surface area contributed by atoms with Crippen molar-refractivity contribution in [1.29, 1.82) is 0 Å². The summed E-state index contributed by atoms with van der Waals surface area (Å²) in [5.74, 6) is -1.67. The molecule has 0 aliphatic rings. The Morgan fingerprint density at radius 2 is 2.10 bits per heavy atom. The summed E-state index contributed by atoms with van der Waals surface area (Å²) in [4.78, 5) is 10.8. The minimum atomic E-state index is -1.28. The van der Waals surface area contributed by atoms with Crippen LogP contribution in [-0.2, 0) is 0 Å². The van der Waals surface area contributed by atoms with Gasteiger partial charge in [0.25, 0.3) is 0 Å². The van der Waals surface area contributed by atoms with Gasteiger partial charge in [-0.3, -0.25) is 0 Å². The summed E-state index contributed by atoms with van der Waals surface area (Å²) >= 11 is 3.05. The first-order valence-electron chi connectivity index (χ1n) is 5.30. The first-order chi connectivity index (χ1) is 9.49. The van der Waals surface area contributed by atoms with E-state index in [2.05, 4.69) is 21.1 Å². The second-order valence-corrected chi connectivity index (χ2v) is 4.52. The molecule has 0 aliphatic heterocycles. The smallest absolute Gasteiger partial charge is 0.358 e. The Morgan fingerprint density at radius 1 is 1.40 bits per heavy atom. The maximum atomic E-state index is 14.2. The van der Waals surface area contributed by atoms with E-state index in [-0.39, 0.29) is 33.0 Å². The molecule has 106 valence electrons. The van der Waals surface area contributed by atoms with Gasteiger partial charge in [-0.2, -0.15) is 0 Å². The maximum absolute atomic E-state index is 14.2. The normalized spacial score (nSPS) is 10.4. The predicted molar refractivity (Wildman–Crippen MR) is 69.7 cm³/mol. The van der Waals surface area contributed by atoms with Gasteiger partial charge in [-0.1, -0.05) is 5.16 Å². The Morgan fingerprint density at radius 3 is 2.60 bits per heavy atom. The zero-order valence-electron chi connectivity index (χ0n) is 10.4. The van der Waals surface area contributed by atoms with Crippen molar-refractivity contribution in [2.45, 2.75) is 0 Å². The number of ether oxygens (including phenoxy) is 2. The van der Waals surface area contributed by atoms with Gasteiger partial charge in [0, 0.05) is 12.1 Å². The molecule has 0 amide bonds. The van der Waals surface area contributed by atoms with E-state index in [1.54, 1.807) is 0 Å². The van der Waals surface area contributed by atoms with Crippen LogP contribution in [0.25, 0.3) is 11.3 Å². The van der Waals surface area contributed by atoms with Gasteiger partial charge < -0.3 is 19.1 Å². The largest absolute Gasteiger partial charge is 0.493 e. The number of carboxylic acid groups (broad SMARTS) is 1. The lowest BCUT2D eigenvalue weighted by Gasteiger charge is -2.12. The zero-order valence-corrected chi connectivity index (χ0v) is 12.0. The molecule has 0 unspecified atom stereocenters. The number of methoxy groups -OCH3 is 2. The lowest BCUT2D eigenvalue weighted by Crippen LogP contribution is -1.97. The fourth-order valence-corrected chi connectivity index (χ4v) is 2.06. The molecule has 8 heteroatoms. The SMILES string of the molecule is COc1cc(Br)c(F)c(-c2cc(C(=O)O)no2)c1OC. The minimum Gasteiger partial charge on any atom is -0.493 e. The van der Waals surface area contributed by atoms with Crippen molar-refractivity contribution in [3.05, 3.63) is 28.1 Å². The van der Waals surface area contributed by atoms with Crippen molar-refractivity contribution in [3.63, 3.8) is 0 Å². The first-order valence-corrected chi connectivity index (χ1v) is 6.09. The third kappa shape index (κ3) is 2.34. The van der Waals surface area contributed by atoms with Crippen LogP contribution in [0.1, 0.15) is 10.5 Å². The molecule has 0 aliphatic carbocycles. The van der Waals surface area contributed by atoms with Crippen molar-refractivity contribution in [3.8, 4) is 22.8 Å². The van der Waals surface area contributed by atoms with Crippen LogP contribution in [0.2, 0.25) is 0 Å². The molecule has 0 saturated carbocycles. The number of carboxylic acids is 1. The number of hydrogen-bond acceptors (Lipinski definition) is 5. The van der Waals surface area contributed by atoms with E-state index in [4.69, 9.17) is 19.1 Å². The van der Waals surface area contributed by atoms with Gasteiger partial charge in [0.2, 0.25) is 0 Å². The molecule has 0 atom stereocenters. The van der Waals surface area contributed by atoms with E-state index < -0.39 is 11.8 Å². The van der Waals surface area contributed by atoms with Crippen LogP contribution in [0.4, 0.5) is 4.39 Å². The molecular weight excluding hydrogens is 337 g/mol. The highest BCUT2D eigenvalue weighted by Gasteiger charge is 2.24. The molecule has 2 aromatic rings. The Hall–Kier alpha value is -2.09. The van der Waals surface area contributed by atoms with Crippen LogP contribution < -0.4 is 9.47 Å². The van der Waals surface area contributed by atoms with Crippen molar-refractivity contribution in [2.24, 2.45) is 0 Å². The third-order valence-electron chi connectivity index (χ3n) is 2.54. The molecule has 6 nitrogen and oxygen atoms in total. The molecule has 2 rings (SSSR count). The molecule has 1 aromatic carbocycles. The summed E-state index contributed by atoms with van der Waals surface area (Å²) in [5.41, 5.74) is -0.404. The second-order valence-electron chi connectivity index (χ2n) is 3.66. The molecule has 0 fully saturated rings. The van der Waals surface area contributed by atoms with Crippen LogP contribution in [0.5, 0.6) is 11.5 Å². The van der Waals surface area contributed by atoms with E-state index >= 15 is 0 Å². The van der Waals surface area contributed by atoms with Crippen LogP contribution >= 0.6 is 15.9 Å². The van der Waals surface area contributed by atoms with E-state index in [0.29, 0.717) is 0 Å². The van der Waals surface area contributed by atoms with Gasteiger partial charge in [0.05, 0.1) is 18.7 Å². The van der Waals surface area contributed by atoms with E-state index in [0.717, 1.165) is 6.07 Å². The van der Waals surface area contributed by atoms with Crippen molar-refractivity contribution in [1.82, 2.24) is 5.16 Å². The zero-order chi connectivity index (χ0) is 14.9.